The van der Waals surface area contributed by atoms with Crippen LogP contribution in [0.5, 0.6) is 0 Å². The number of aryl methyl sites for hydroxylation is 2. The summed E-state index contributed by atoms with van der Waals surface area (Å²) in [6, 6.07) is 12.6. The Labute approximate surface area is 202 Å². The lowest BCUT2D eigenvalue weighted by atomic mass is 9.97. The zero-order chi connectivity index (χ0) is 23.7. The summed E-state index contributed by atoms with van der Waals surface area (Å²) in [5.74, 6) is -1.20. The second kappa shape index (κ2) is 9.33. The maximum atomic E-state index is 13.0. The fourth-order valence-electron chi connectivity index (χ4n) is 3.59. The predicted octanol–water partition coefficient (Wildman–Crippen LogP) is 6.33. The molecule has 2 aromatic heterocycles. The first-order valence-electron chi connectivity index (χ1n) is 10.2. The number of carbonyl (C=O) groups is 2. The van der Waals surface area contributed by atoms with Crippen molar-refractivity contribution in [2.45, 2.75) is 20.8 Å². The second-order valence-electron chi connectivity index (χ2n) is 7.48. The molecule has 0 aliphatic carbocycles. The fourth-order valence-corrected chi connectivity index (χ4v) is 4.91. The Hall–Kier alpha value is -3.23. The molecular formula is C25H20BrNO5S. The second-order valence-corrected chi connectivity index (χ2v) is 9.27. The van der Waals surface area contributed by atoms with Crippen LogP contribution >= 0.6 is 27.3 Å². The van der Waals surface area contributed by atoms with Crippen LogP contribution in [0.15, 0.2) is 61.5 Å². The van der Waals surface area contributed by atoms with Gasteiger partial charge < -0.3 is 14.5 Å². The third-order valence-electron chi connectivity index (χ3n) is 5.11. The highest BCUT2D eigenvalue weighted by Gasteiger charge is 2.25. The van der Waals surface area contributed by atoms with Gasteiger partial charge in [0.15, 0.2) is 0 Å². The van der Waals surface area contributed by atoms with Gasteiger partial charge in [0.05, 0.1) is 6.61 Å². The number of hydrogen-bond acceptors (Lipinski definition) is 6. The van der Waals surface area contributed by atoms with E-state index in [4.69, 9.17) is 9.15 Å². The van der Waals surface area contributed by atoms with Crippen LogP contribution < -0.4 is 10.9 Å². The van der Waals surface area contributed by atoms with E-state index < -0.39 is 17.5 Å². The van der Waals surface area contributed by atoms with E-state index in [-0.39, 0.29) is 17.7 Å². The van der Waals surface area contributed by atoms with E-state index in [2.05, 4.69) is 21.2 Å². The average molecular weight is 526 g/mol. The van der Waals surface area contributed by atoms with Crippen LogP contribution in [-0.4, -0.2) is 18.5 Å². The number of hydrogen-bond donors (Lipinski definition) is 1. The summed E-state index contributed by atoms with van der Waals surface area (Å²) in [5.41, 5.74) is 3.36. The van der Waals surface area contributed by atoms with Crippen molar-refractivity contribution < 1.29 is 18.7 Å². The third kappa shape index (κ3) is 4.62. The van der Waals surface area contributed by atoms with Gasteiger partial charge in [-0.1, -0.05) is 39.7 Å². The van der Waals surface area contributed by atoms with E-state index in [0.29, 0.717) is 21.5 Å². The molecule has 168 valence electrons. The Kier molecular flexibility index (Phi) is 6.49. The van der Waals surface area contributed by atoms with Crippen LogP contribution in [0, 0.1) is 13.8 Å². The number of nitrogens with one attached hydrogen (secondary N) is 1. The molecule has 0 atom stereocenters. The van der Waals surface area contributed by atoms with E-state index in [1.807, 2.05) is 32.0 Å². The van der Waals surface area contributed by atoms with Gasteiger partial charge in [0, 0.05) is 20.8 Å². The number of halogens is 1. The molecule has 0 spiro atoms. The molecule has 0 saturated heterocycles. The monoisotopic (exact) mass is 525 g/mol. The van der Waals surface area contributed by atoms with Gasteiger partial charge in [-0.05, 0) is 56.2 Å². The number of benzene rings is 2. The molecule has 0 radical (unpaired) electrons. The lowest BCUT2D eigenvalue weighted by molar-refractivity contribution is 0.0529. The van der Waals surface area contributed by atoms with Crippen LogP contribution in [0.4, 0.5) is 5.00 Å². The highest BCUT2D eigenvalue weighted by Crippen LogP contribution is 2.38. The molecule has 6 nitrogen and oxygen atoms in total. The quantitative estimate of drug-likeness (QED) is 0.243. The molecule has 0 bridgehead atoms. The Morgan fingerprint density at radius 2 is 1.88 bits per heavy atom. The third-order valence-corrected chi connectivity index (χ3v) is 6.50. The molecule has 1 N–H and O–H groups in total. The molecular weight excluding hydrogens is 506 g/mol. The molecule has 4 aromatic rings. The summed E-state index contributed by atoms with van der Waals surface area (Å²) in [6.07, 6.45) is 0. The normalized spacial score (nSPS) is 10.9. The van der Waals surface area contributed by atoms with Crippen LogP contribution in [0.2, 0.25) is 0 Å². The molecule has 2 aromatic carbocycles. The van der Waals surface area contributed by atoms with Crippen molar-refractivity contribution in [3.63, 3.8) is 0 Å². The molecule has 33 heavy (non-hydrogen) atoms. The number of anilines is 1. The highest BCUT2D eigenvalue weighted by molar-refractivity contribution is 9.10. The van der Waals surface area contributed by atoms with Gasteiger partial charge in [-0.25, -0.2) is 9.59 Å². The summed E-state index contributed by atoms with van der Waals surface area (Å²) in [7, 11) is 0. The number of amides is 1. The highest BCUT2D eigenvalue weighted by atomic mass is 79.9. The van der Waals surface area contributed by atoms with Crippen molar-refractivity contribution >= 4 is 55.1 Å². The Morgan fingerprint density at radius 1 is 1.09 bits per heavy atom. The number of rotatable bonds is 5. The largest absolute Gasteiger partial charge is 0.462 e. The predicted molar refractivity (Wildman–Crippen MR) is 133 cm³/mol. The summed E-state index contributed by atoms with van der Waals surface area (Å²) >= 11 is 4.57. The zero-order valence-electron chi connectivity index (χ0n) is 18.2. The minimum Gasteiger partial charge on any atom is -0.462 e. The minimum absolute atomic E-state index is 0.156. The summed E-state index contributed by atoms with van der Waals surface area (Å²) < 4.78 is 11.4. The number of carbonyl (C=O) groups excluding carboxylic acids is 2. The molecule has 2 heterocycles. The Balaban J connectivity index is 1.76. The van der Waals surface area contributed by atoms with Gasteiger partial charge >= 0.3 is 11.6 Å². The summed E-state index contributed by atoms with van der Waals surface area (Å²) in [4.78, 5) is 38.3. The average Bonchev–Trinajstić information content (AvgIpc) is 3.16. The van der Waals surface area contributed by atoms with Gasteiger partial charge in [-0.3, -0.25) is 4.79 Å². The number of thiophene rings is 1. The van der Waals surface area contributed by atoms with Gasteiger partial charge in [0.25, 0.3) is 5.91 Å². The van der Waals surface area contributed by atoms with Crippen molar-refractivity contribution in [3.8, 4) is 11.1 Å². The van der Waals surface area contributed by atoms with E-state index in [1.54, 1.807) is 30.5 Å². The maximum absolute atomic E-state index is 13.0. The van der Waals surface area contributed by atoms with E-state index in [0.717, 1.165) is 21.2 Å². The van der Waals surface area contributed by atoms with Gasteiger partial charge in [0.2, 0.25) is 0 Å². The fraction of sp³-hybridized carbons (Fsp3) is 0.160. The van der Waals surface area contributed by atoms with Gasteiger partial charge in [-0.2, -0.15) is 0 Å². The minimum atomic E-state index is -0.758. The first-order chi connectivity index (χ1) is 15.8. The molecule has 0 aliphatic heterocycles. The van der Waals surface area contributed by atoms with Crippen LogP contribution in [0.3, 0.4) is 0 Å². The zero-order valence-corrected chi connectivity index (χ0v) is 20.6. The molecule has 8 heteroatoms. The molecule has 4 rings (SSSR count). The standard InChI is InChI=1S/C25H20BrNO5S/c1-4-31-25(30)21-19(17-7-5-13(2)9-14(17)3)12-33-23(21)27-22(28)18-11-15-10-16(26)6-8-20(15)32-24(18)29/h5-12H,4H2,1-3H3,(H,27,28). The number of ether oxygens (including phenoxy) is 1. The van der Waals surface area contributed by atoms with Crippen molar-refractivity contribution in [1.29, 1.82) is 0 Å². The maximum Gasteiger partial charge on any atom is 0.349 e. The molecule has 1 amide bonds. The molecule has 0 saturated carbocycles. The first kappa shape index (κ1) is 22.9. The topological polar surface area (TPSA) is 85.6 Å². The summed E-state index contributed by atoms with van der Waals surface area (Å²) in [5, 5.41) is 5.43. The van der Waals surface area contributed by atoms with Crippen molar-refractivity contribution in [2.24, 2.45) is 0 Å². The lowest BCUT2D eigenvalue weighted by Crippen LogP contribution is -2.21. The number of fused-ring (bicyclic) bond motifs is 1. The number of esters is 1. The Bertz CT molecular complexity index is 1450. The van der Waals surface area contributed by atoms with E-state index in [1.165, 1.54) is 17.4 Å². The SMILES string of the molecule is CCOC(=O)c1c(-c2ccc(C)cc2C)csc1NC(=O)c1cc2cc(Br)ccc2oc1=O. The van der Waals surface area contributed by atoms with Crippen molar-refractivity contribution in [3.05, 3.63) is 85.0 Å². The van der Waals surface area contributed by atoms with Crippen LogP contribution in [-0.2, 0) is 4.74 Å². The summed E-state index contributed by atoms with van der Waals surface area (Å²) in [6.45, 7) is 5.87. The van der Waals surface area contributed by atoms with Gasteiger partial charge in [0.1, 0.15) is 21.7 Å². The van der Waals surface area contributed by atoms with Crippen molar-refractivity contribution in [2.75, 3.05) is 11.9 Å². The van der Waals surface area contributed by atoms with Crippen LogP contribution in [0.25, 0.3) is 22.1 Å². The Morgan fingerprint density at radius 3 is 2.61 bits per heavy atom. The van der Waals surface area contributed by atoms with Gasteiger partial charge in [-0.15, -0.1) is 11.3 Å². The van der Waals surface area contributed by atoms with Crippen LogP contribution in [0.1, 0.15) is 38.8 Å². The molecule has 0 fully saturated rings. The molecule has 0 aliphatic rings. The smallest absolute Gasteiger partial charge is 0.349 e. The first-order valence-corrected chi connectivity index (χ1v) is 11.9. The van der Waals surface area contributed by atoms with E-state index >= 15 is 0 Å². The van der Waals surface area contributed by atoms with E-state index in [9.17, 15) is 14.4 Å². The van der Waals surface area contributed by atoms with Crippen molar-refractivity contribution in [1.82, 2.24) is 0 Å². The lowest BCUT2D eigenvalue weighted by Gasteiger charge is -2.11. The molecule has 0 unspecified atom stereocenters.